The van der Waals surface area contributed by atoms with Crippen LogP contribution in [0.1, 0.15) is 6.42 Å². The first-order valence-electron chi connectivity index (χ1n) is 9.62. The van der Waals surface area contributed by atoms with E-state index in [1.807, 2.05) is 0 Å². The molecule has 0 radical (unpaired) electrons. The highest BCUT2D eigenvalue weighted by atomic mass is 19.1. The van der Waals surface area contributed by atoms with E-state index >= 15 is 0 Å². The van der Waals surface area contributed by atoms with Crippen molar-refractivity contribution in [3.05, 3.63) is 0 Å². The number of halogens is 1. The number of piperidine rings is 1. The number of nitrogens with zero attached hydrogens (tertiary/aromatic N) is 2. The zero-order chi connectivity index (χ0) is 18.1. The monoisotopic (exact) mass is 371 g/mol. The van der Waals surface area contributed by atoms with E-state index in [0.717, 1.165) is 45.8 Å². The van der Waals surface area contributed by atoms with Gasteiger partial charge in [-0.15, -0.1) is 0 Å². The van der Waals surface area contributed by atoms with E-state index in [9.17, 15) is 9.18 Å². The van der Waals surface area contributed by atoms with Gasteiger partial charge in [0.1, 0.15) is 6.17 Å². The molecule has 0 spiro atoms. The summed E-state index contributed by atoms with van der Waals surface area (Å²) in [7, 11) is 0. The summed E-state index contributed by atoms with van der Waals surface area (Å²) in [5.74, 6) is -0.524. The van der Waals surface area contributed by atoms with Gasteiger partial charge in [0.05, 0.1) is 37.5 Å². The normalized spacial score (nSPS) is 42.4. The predicted octanol–water partition coefficient (Wildman–Crippen LogP) is -2.85. The molecular weight excluding hydrogens is 341 g/mol. The molecular formula is C16H30FN7O2. The lowest BCUT2D eigenvalue weighted by atomic mass is 9.96. The lowest BCUT2D eigenvalue weighted by Crippen LogP contribution is -2.64. The van der Waals surface area contributed by atoms with Gasteiger partial charge in [0, 0.05) is 38.8 Å². The van der Waals surface area contributed by atoms with Gasteiger partial charge < -0.3 is 21.1 Å². The van der Waals surface area contributed by atoms with E-state index in [-0.39, 0.29) is 31.2 Å². The van der Waals surface area contributed by atoms with Crippen molar-refractivity contribution >= 4 is 5.91 Å². The molecule has 4 rings (SSSR count). The van der Waals surface area contributed by atoms with Crippen LogP contribution < -0.4 is 27.1 Å². The zero-order valence-electron chi connectivity index (χ0n) is 15.0. The molecule has 26 heavy (non-hydrogen) atoms. The van der Waals surface area contributed by atoms with Crippen LogP contribution >= 0.6 is 0 Å². The van der Waals surface area contributed by atoms with Crippen molar-refractivity contribution in [1.82, 2.24) is 31.3 Å². The Hall–Kier alpha value is -0.880. The predicted molar refractivity (Wildman–Crippen MR) is 93.6 cm³/mol. The van der Waals surface area contributed by atoms with Crippen LogP contribution in [0.3, 0.4) is 0 Å². The molecule has 0 aromatic carbocycles. The quantitative estimate of drug-likeness (QED) is 0.361. The third-order valence-electron chi connectivity index (χ3n) is 5.91. The first-order valence-corrected chi connectivity index (χ1v) is 9.62. The number of rotatable bonds is 3. The molecule has 148 valence electrons. The van der Waals surface area contributed by atoms with Crippen molar-refractivity contribution in [2.45, 2.75) is 37.0 Å². The van der Waals surface area contributed by atoms with Crippen LogP contribution in [0.4, 0.5) is 4.39 Å². The van der Waals surface area contributed by atoms with Crippen molar-refractivity contribution < 1.29 is 13.9 Å². The second-order valence-electron chi connectivity index (χ2n) is 7.61. The van der Waals surface area contributed by atoms with Crippen LogP contribution in [-0.2, 0) is 9.53 Å². The van der Waals surface area contributed by atoms with Gasteiger partial charge in [-0.3, -0.25) is 15.0 Å². The molecule has 0 aliphatic carbocycles. The summed E-state index contributed by atoms with van der Waals surface area (Å²) in [6, 6.07) is 0.341. The number of hydrogen-bond acceptors (Lipinski definition) is 8. The van der Waals surface area contributed by atoms with E-state index in [2.05, 4.69) is 26.3 Å². The van der Waals surface area contributed by atoms with Crippen LogP contribution in [0, 0.1) is 5.92 Å². The van der Waals surface area contributed by atoms with Gasteiger partial charge in [0.25, 0.3) is 0 Å². The number of carbonyl (C=O) groups excluding carboxylic acids is 1. The molecule has 1 amide bonds. The number of carbonyl (C=O) groups is 1. The molecule has 4 saturated heterocycles. The average molecular weight is 371 g/mol. The van der Waals surface area contributed by atoms with Gasteiger partial charge in [-0.25, -0.2) is 14.8 Å². The molecule has 6 N–H and O–H groups in total. The third-order valence-corrected chi connectivity index (χ3v) is 5.91. The summed E-state index contributed by atoms with van der Waals surface area (Å²) in [5.41, 5.74) is 9.18. The summed E-state index contributed by atoms with van der Waals surface area (Å²) in [6.45, 7) is 5.49. The van der Waals surface area contributed by atoms with Crippen LogP contribution in [0.5, 0.6) is 0 Å². The van der Waals surface area contributed by atoms with E-state index in [1.54, 1.807) is 5.01 Å². The van der Waals surface area contributed by atoms with Gasteiger partial charge >= 0.3 is 0 Å². The average Bonchev–Trinajstić information content (AvgIpc) is 2.97. The maximum Gasteiger partial charge on any atom is 0.229 e. The number of amides is 1. The molecule has 0 aromatic heterocycles. The number of hydrazine groups is 1. The maximum absolute atomic E-state index is 13.6. The van der Waals surface area contributed by atoms with Crippen LogP contribution in [0.2, 0.25) is 0 Å². The molecule has 4 fully saturated rings. The molecule has 4 heterocycles. The lowest BCUT2D eigenvalue weighted by molar-refractivity contribution is -0.128. The standard InChI is InChI=1S/C16H30FN7O2/c17-10-7-20-15-13(14(18)22-24(15)9-10)16(25)21-11-8-19-2-1-12(11)23-3-5-26-6-4-23/h10-15,19-20,22H,1-9,18H2,(H,21,25). The smallest absolute Gasteiger partial charge is 0.229 e. The number of nitrogens with two attached hydrogens (primary N) is 1. The first-order chi connectivity index (χ1) is 12.6. The molecule has 6 atom stereocenters. The number of hydrogen-bond donors (Lipinski definition) is 5. The Morgan fingerprint density at radius 3 is 2.88 bits per heavy atom. The minimum atomic E-state index is -0.957. The third kappa shape index (κ3) is 3.72. The highest BCUT2D eigenvalue weighted by Crippen LogP contribution is 2.23. The van der Waals surface area contributed by atoms with Crippen molar-refractivity contribution in [2.75, 3.05) is 52.5 Å². The van der Waals surface area contributed by atoms with Crippen molar-refractivity contribution in [2.24, 2.45) is 11.7 Å². The van der Waals surface area contributed by atoms with E-state index in [0.29, 0.717) is 6.04 Å². The number of nitrogens with one attached hydrogen (secondary N) is 4. The van der Waals surface area contributed by atoms with Gasteiger partial charge in [0.15, 0.2) is 0 Å². The van der Waals surface area contributed by atoms with Crippen LogP contribution in [0.25, 0.3) is 0 Å². The number of fused-ring (bicyclic) bond motifs is 1. The molecule has 4 aliphatic heterocycles. The number of ether oxygens (including phenoxy) is 1. The van der Waals surface area contributed by atoms with Gasteiger partial charge in [-0.1, -0.05) is 0 Å². The number of morpholine rings is 1. The highest BCUT2D eigenvalue weighted by Gasteiger charge is 2.47. The molecule has 0 bridgehead atoms. The molecule has 0 aromatic rings. The second kappa shape index (κ2) is 8.01. The van der Waals surface area contributed by atoms with E-state index in [4.69, 9.17) is 10.5 Å². The molecule has 4 aliphatic rings. The Morgan fingerprint density at radius 2 is 2.08 bits per heavy atom. The summed E-state index contributed by atoms with van der Waals surface area (Å²) in [6.07, 6.45) is -0.746. The maximum atomic E-state index is 13.6. The van der Waals surface area contributed by atoms with E-state index < -0.39 is 18.3 Å². The Morgan fingerprint density at radius 1 is 1.27 bits per heavy atom. The zero-order valence-corrected chi connectivity index (χ0v) is 15.0. The summed E-state index contributed by atoms with van der Waals surface area (Å²) < 4.78 is 19.1. The Labute approximate surface area is 153 Å². The SMILES string of the molecule is NC1NN2CC(F)CNC2C1C(=O)NC1CNCCC1N1CCOCC1. The summed E-state index contributed by atoms with van der Waals surface area (Å²) >= 11 is 0. The van der Waals surface area contributed by atoms with Gasteiger partial charge in [0.2, 0.25) is 5.91 Å². The lowest BCUT2D eigenvalue weighted by Gasteiger charge is -2.42. The van der Waals surface area contributed by atoms with Crippen LogP contribution in [-0.4, -0.2) is 98.9 Å². The molecule has 6 unspecified atom stereocenters. The second-order valence-corrected chi connectivity index (χ2v) is 7.61. The van der Waals surface area contributed by atoms with E-state index in [1.165, 1.54) is 0 Å². The fourth-order valence-corrected chi connectivity index (χ4v) is 4.60. The van der Waals surface area contributed by atoms with Crippen LogP contribution in [0.15, 0.2) is 0 Å². The number of alkyl halides is 1. The van der Waals surface area contributed by atoms with Crippen molar-refractivity contribution in [1.29, 1.82) is 0 Å². The van der Waals surface area contributed by atoms with Crippen molar-refractivity contribution in [3.8, 4) is 0 Å². The minimum Gasteiger partial charge on any atom is -0.379 e. The topological polar surface area (TPSA) is 107 Å². The molecule has 9 nitrogen and oxygen atoms in total. The highest BCUT2D eigenvalue weighted by molar-refractivity contribution is 5.81. The Kier molecular flexibility index (Phi) is 5.69. The fourth-order valence-electron chi connectivity index (χ4n) is 4.60. The first kappa shape index (κ1) is 18.5. The van der Waals surface area contributed by atoms with Crippen molar-refractivity contribution in [3.63, 3.8) is 0 Å². The largest absolute Gasteiger partial charge is 0.379 e. The minimum absolute atomic E-state index is 0.0353. The fraction of sp³-hybridized carbons (Fsp3) is 0.938. The summed E-state index contributed by atoms with van der Waals surface area (Å²) in [4.78, 5) is 15.4. The summed E-state index contributed by atoms with van der Waals surface area (Å²) in [5, 5.41) is 11.4. The Bertz CT molecular complexity index is 507. The molecule has 10 heteroatoms. The molecule has 0 saturated carbocycles. The van der Waals surface area contributed by atoms with Gasteiger partial charge in [-0.2, -0.15) is 0 Å². The Balaban J connectivity index is 1.41. The van der Waals surface area contributed by atoms with Gasteiger partial charge in [-0.05, 0) is 13.0 Å².